The fourth-order valence-electron chi connectivity index (χ4n) is 3.72. The Morgan fingerprint density at radius 2 is 1.17 bits per heavy atom. The van der Waals surface area contributed by atoms with Crippen LogP contribution in [0, 0.1) is 0 Å². The van der Waals surface area contributed by atoms with Gasteiger partial charge in [0.2, 0.25) is 0 Å². The van der Waals surface area contributed by atoms with Gasteiger partial charge in [-0.25, -0.2) is 0 Å². The van der Waals surface area contributed by atoms with Crippen molar-refractivity contribution in [2.75, 3.05) is 0 Å². The molecule has 0 bridgehead atoms. The lowest BCUT2D eigenvalue weighted by Gasteiger charge is -2.12. The zero-order chi connectivity index (χ0) is 15.4. The highest BCUT2D eigenvalue weighted by Gasteiger charge is 2.24. The molecular formula is C22H13Br. The van der Waals surface area contributed by atoms with Crippen LogP contribution in [-0.2, 0) is 0 Å². The van der Waals surface area contributed by atoms with Crippen LogP contribution >= 0.6 is 15.9 Å². The highest BCUT2D eigenvalue weighted by molar-refractivity contribution is 9.10. The van der Waals surface area contributed by atoms with Gasteiger partial charge in [-0.3, -0.25) is 0 Å². The Balaban J connectivity index is 1.98. The van der Waals surface area contributed by atoms with E-state index in [-0.39, 0.29) is 0 Å². The standard InChI is InChI=1S/C22H13Br/c23-20-11-4-3-8-16(20)19-13-12-14-6-5-10-17-15-7-1-2-9-18(15)22(19)21(14)17/h1-13H. The third-order valence-corrected chi connectivity index (χ3v) is 5.39. The summed E-state index contributed by atoms with van der Waals surface area (Å²) in [6.45, 7) is 0. The van der Waals surface area contributed by atoms with E-state index in [2.05, 4.69) is 94.8 Å². The maximum atomic E-state index is 3.72. The minimum atomic E-state index is 1.14. The zero-order valence-corrected chi connectivity index (χ0v) is 14.0. The molecule has 0 fully saturated rings. The molecule has 0 heterocycles. The van der Waals surface area contributed by atoms with Gasteiger partial charge in [0.05, 0.1) is 0 Å². The molecule has 5 rings (SSSR count). The highest BCUT2D eigenvalue weighted by Crippen LogP contribution is 2.51. The molecule has 0 atom stereocenters. The monoisotopic (exact) mass is 356 g/mol. The molecule has 0 radical (unpaired) electrons. The smallest absolute Gasteiger partial charge is 0.0253 e. The van der Waals surface area contributed by atoms with Gasteiger partial charge < -0.3 is 0 Å². The van der Waals surface area contributed by atoms with Crippen LogP contribution in [-0.4, -0.2) is 0 Å². The molecule has 0 aliphatic heterocycles. The van der Waals surface area contributed by atoms with E-state index in [1.807, 2.05) is 0 Å². The predicted octanol–water partition coefficient (Wildman–Crippen LogP) is 6.92. The number of hydrogen-bond donors (Lipinski definition) is 0. The lowest BCUT2D eigenvalue weighted by molar-refractivity contribution is 1.60. The van der Waals surface area contributed by atoms with Crippen molar-refractivity contribution in [2.45, 2.75) is 0 Å². The minimum Gasteiger partial charge on any atom is -0.0616 e. The van der Waals surface area contributed by atoms with Gasteiger partial charge in [-0.15, -0.1) is 0 Å². The molecular weight excluding hydrogens is 344 g/mol. The molecule has 4 aromatic carbocycles. The van der Waals surface area contributed by atoms with Crippen LogP contribution in [0.25, 0.3) is 44.2 Å². The molecule has 0 nitrogen and oxygen atoms in total. The molecule has 4 aromatic rings. The summed E-state index contributed by atoms with van der Waals surface area (Å²) in [5, 5.41) is 2.69. The van der Waals surface area contributed by atoms with Gasteiger partial charge >= 0.3 is 0 Å². The second-order valence-electron chi connectivity index (χ2n) is 5.92. The molecule has 1 aliphatic rings. The summed E-state index contributed by atoms with van der Waals surface area (Å²) in [6.07, 6.45) is 0. The Kier molecular flexibility index (Phi) is 2.74. The van der Waals surface area contributed by atoms with E-state index in [4.69, 9.17) is 0 Å². The SMILES string of the molecule is Brc1ccccc1-c1ccc2cccc3c2c1-c1ccccc1-3. The van der Waals surface area contributed by atoms with Crippen LogP contribution in [0.1, 0.15) is 0 Å². The van der Waals surface area contributed by atoms with Crippen LogP contribution in [0.4, 0.5) is 0 Å². The normalized spacial score (nSPS) is 11.7. The number of halogens is 1. The molecule has 108 valence electrons. The van der Waals surface area contributed by atoms with Crippen molar-refractivity contribution in [3.8, 4) is 33.4 Å². The fourth-order valence-corrected chi connectivity index (χ4v) is 4.22. The van der Waals surface area contributed by atoms with Crippen molar-refractivity contribution in [3.05, 3.63) is 83.3 Å². The number of hydrogen-bond acceptors (Lipinski definition) is 0. The Bertz CT molecular complexity index is 1080. The van der Waals surface area contributed by atoms with Crippen LogP contribution in [0.5, 0.6) is 0 Å². The van der Waals surface area contributed by atoms with Crippen LogP contribution in [0.3, 0.4) is 0 Å². The van der Waals surface area contributed by atoms with E-state index < -0.39 is 0 Å². The summed E-state index contributed by atoms with van der Waals surface area (Å²) in [6, 6.07) is 28.3. The molecule has 23 heavy (non-hydrogen) atoms. The van der Waals surface area contributed by atoms with Gasteiger partial charge in [-0.2, -0.15) is 0 Å². The van der Waals surface area contributed by atoms with Gasteiger partial charge in [0.25, 0.3) is 0 Å². The summed E-state index contributed by atoms with van der Waals surface area (Å²) in [5.74, 6) is 0. The van der Waals surface area contributed by atoms with E-state index in [1.165, 1.54) is 44.2 Å². The van der Waals surface area contributed by atoms with Crippen LogP contribution in [0.2, 0.25) is 0 Å². The van der Waals surface area contributed by atoms with Gasteiger partial charge in [-0.05, 0) is 50.2 Å². The quantitative estimate of drug-likeness (QED) is 0.306. The number of fused-ring (bicyclic) bond motifs is 3. The van der Waals surface area contributed by atoms with Crippen molar-refractivity contribution in [1.29, 1.82) is 0 Å². The Labute approximate surface area is 143 Å². The van der Waals surface area contributed by atoms with Crippen molar-refractivity contribution >= 4 is 26.7 Å². The molecule has 0 saturated heterocycles. The predicted molar refractivity (Wildman–Crippen MR) is 102 cm³/mol. The summed E-state index contributed by atoms with van der Waals surface area (Å²) in [4.78, 5) is 0. The molecule has 0 unspecified atom stereocenters. The summed E-state index contributed by atoms with van der Waals surface area (Å²) in [5.41, 5.74) is 7.93. The first-order chi connectivity index (χ1) is 11.3. The maximum absolute atomic E-state index is 3.72. The topological polar surface area (TPSA) is 0 Å². The van der Waals surface area contributed by atoms with Crippen LogP contribution < -0.4 is 0 Å². The number of benzene rings is 4. The first-order valence-electron chi connectivity index (χ1n) is 7.75. The van der Waals surface area contributed by atoms with Crippen LogP contribution in [0.15, 0.2) is 83.3 Å². The first kappa shape index (κ1) is 13.1. The Hall–Kier alpha value is -2.38. The largest absolute Gasteiger partial charge is 0.0616 e. The van der Waals surface area contributed by atoms with Crippen molar-refractivity contribution < 1.29 is 0 Å². The molecule has 0 amide bonds. The lowest BCUT2D eigenvalue weighted by Crippen LogP contribution is -1.85. The van der Waals surface area contributed by atoms with E-state index in [0.29, 0.717) is 0 Å². The zero-order valence-electron chi connectivity index (χ0n) is 12.4. The van der Waals surface area contributed by atoms with Crippen molar-refractivity contribution in [3.63, 3.8) is 0 Å². The van der Waals surface area contributed by atoms with Gasteiger partial charge in [0, 0.05) is 4.47 Å². The number of rotatable bonds is 1. The van der Waals surface area contributed by atoms with E-state index in [0.717, 1.165) is 4.47 Å². The van der Waals surface area contributed by atoms with E-state index >= 15 is 0 Å². The molecule has 1 aliphatic carbocycles. The van der Waals surface area contributed by atoms with Gasteiger partial charge in [0.15, 0.2) is 0 Å². The summed E-state index contributed by atoms with van der Waals surface area (Å²) in [7, 11) is 0. The second-order valence-corrected chi connectivity index (χ2v) is 6.77. The Morgan fingerprint density at radius 3 is 2.00 bits per heavy atom. The molecule has 0 aromatic heterocycles. The van der Waals surface area contributed by atoms with Gasteiger partial charge in [-0.1, -0.05) is 88.7 Å². The molecule has 0 N–H and O–H groups in total. The van der Waals surface area contributed by atoms with E-state index in [9.17, 15) is 0 Å². The molecule has 0 saturated carbocycles. The van der Waals surface area contributed by atoms with Crippen molar-refractivity contribution in [1.82, 2.24) is 0 Å². The third kappa shape index (κ3) is 1.77. The summed E-state index contributed by atoms with van der Waals surface area (Å²) < 4.78 is 1.14. The highest BCUT2D eigenvalue weighted by atomic mass is 79.9. The van der Waals surface area contributed by atoms with Gasteiger partial charge in [0.1, 0.15) is 0 Å². The first-order valence-corrected chi connectivity index (χ1v) is 8.54. The third-order valence-electron chi connectivity index (χ3n) is 4.70. The lowest BCUT2D eigenvalue weighted by atomic mass is 9.93. The molecule has 1 heteroatoms. The maximum Gasteiger partial charge on any atom is 0.0253 e. The fraction of sp³-hybridized carbons (Fsp3) is 0. The molecule has 0 spiro atoms. The summed E-state index contributed by atoms with van der Waals surface area (Å²) >= 11 is 3.72. The average Bonchev–Trinajstić information content (AvgIpc) is 2.93. The average molecular weight is 357 g/mol. The van der Waals surface area contributed by atoms with Crippen molar-refractivity contribution in [2.24, 2.45) is 0 Å². The minimum absolute atomic E-state index is 1.14. The Morgan fingerprint density at radius 1 is 0.478 bits per heavy atom. The second kappa shape index (κ2) is 4.81. The van der Waals surface area contributed by atoms with E-state index in [1.54, 1.807) is 0 Å².